The maximum atomic E-state index is 13.3. The number of nitrogens with zero attached hydrogens (tertiary/aromatic N) is 2. The molecule has 0 aliphatic carbocycles. The highest BCUT2D eigenvalue weighted by atomic mass is 127. The van der Waals surface area contributed by atoms with Gasteiger partial charge in [-0.15, -0.1) is 24.0 Å². The highest BCUT2D eigenvalue weighted by Crippen LogP contribution is 2.16. The number of guanidine groups is 1. The van der Waals surface area contributed by atoms with E-state index >= 15 is 0 Å². The predicted octanol–water partition coefficient (Wildman–Crippen LogP) is 3.54. The molecule has 2 N–H and O–H groups in total. The van der Waals surface area contributed by atoms with E-state index < -0.39 is 0 Å². The van der Waals surface area contributed by atoms with Crippen molar-refractivity contribution in [3.63, 3.8) is 0 Å². The van der Waals surface area contributed by atoms with E-state index in [0.29, 0.717) is 13.1 Å². The number of benzene rings is 2. The average Bonchev–Trinajstić information content (AvgIpc) is 2.71. The second kappa shape index (κ2) is 11.9. The van der Waals surface area contributed by atoms with Crippen LogP contribution in [0.4, 0.5) is 10.1 Å². The first kappa shape index (κ1) is 22.4. The zero-order valence-electron chi connectivity index (χ0n) is 16.2. The van der Waals surface area contributed by atoms with E-state index in [9.17, 15) is 4.39 Å². The van der Waals surface area contributed by atoms with Crippen molar-refractivity contribution in [3.05, 3.63) is 65.5 Å². The molecule has 0 radical (unpaired) electrons. The minimum absolute atomic E-state index is 0. The van der Waals surface area contributed by atoms with Gasteiger partial charge < -0.3 is 20.3 Å². The Labute approximate surface area is 183 Å². The normalized spacial score (nSPS) is 14.4. The third-order valence-corrected chi connectivity index (χ3v) is 4.43. The summed E-state index contributed by atoms with van der Waals surface area (Å²) in [7, 11) is 0. The SMILES string of the molecule is CCNC(=NCc1cccc(F)c1)NCc1ccc(N2CCOCC2)cc1.I. The first-order chi connectivity index (χ1) is 13.2. The standard InChI is InChI=1S/C21H27FN4O.HI/c1-2-23-21(25-16-18-4-3-5-19(22)14-18)24-15-17-6-8-20(9-7-17)26-10-12-27-13-11-26;/h3-9,14H,2,10-13,15-16H2,1H3,(H2,23,24,25);1H. The summed E-state index contributed by atoms with van der Waals surface area (Å²) >= 11 is 0. The van der Waals surface area contributed by atoms with Gasteiger partial charge in [0.25, 0.3) is 0 Å². The fraction of sp³-hybridized carbons (Fsp3) is 0.381. The van der Waals surface area contributed by atoms with Crippen molar-refractivity contribution in [1.29, 1.82) is 0 Å². The molecule has 5 nitrogen and oxygen atoms in total. The van der Waals surface area contributed by atoms with Crippen molar-refractivity contribution in [2.75, 3.05) is 37.7 Å². The zero-order valence-corrected chi connectivity index (χ0v) is 18.5. The summed E-state index contributed by atoms with van der Waals surface area (Å²) in [6.07, 6.45) is 0. The van der Waals surface area contributed by atoms with Crippen LogP contribution in [-0.4, -0.2) is 38.8 Å². The molecular formula is C21H28FIN4O. The first-order valence-corrected chi connectivity index (χ1v) is 9.43. The summed E-state index contributed by atoms with van der Waals surface area (Å²) < 4.78 is 18.7. The number of morpholine rings is 1. The van der Waals surface area contributed by atoms with Crippen LogP contribution in [0.5, 0.6) is 0 Å². The summed E-state index contributed by atoms with van der Waals surface area (Å²) in [5.74, 6) is 0.486. The van der Waals surface area contributed by atoms with E-state index in [4.69, 9.17) is 4.74 Å². The molecule has 1 heterocycles. The van der Waals surface area contributed by atoms with Gasteiger partial charge in [-0.2, -0.15) is 0 Å². The second-order valence-corrected chi connectivity index (χ2v) is 6.44. The molecule has 0 saturated carbocycles. The minimum atomic E-state index is -0.235. The van der Waals surface area contributed by atoms with Crippen molar-refractivity contribution >= 4 is 35.6 Å². The van der Waals surface area contributed by atoms with Crippen molar-refractivity contribution < 1.29 is 9.13 Å². The Bertz CT molecular complexity index is 748. The number of ether oxygens (including phenoxy) is 1. The molecule has 0 spiro atoms. The van der Waals surface area contributed by atoms with Crippen molar-refractivity contribution in [2.45, 2.75) is 20.0 Å². The Morgan fingerprint density at radius 1 is 1.07 bits per heavy atom. The smallest absolute Gasteiger partial charge is 0.191 e. The number of hydrogen-bond acceptors (Lipinski definition) is 3. The van der Waals surface area contributed by atoms with Gasteiger partial charge in [0, 0.05) is 31.9 Å². The molecule has 1 aliphatic rings. The Morgan fingerprint density at radius 3 is 2.50 bits per heavy atom. The summed E-state index contributed by atoms with van der Waals surface area (Å²) in [4.78, 5) is 6.88. The quantitative estimate of drug-likeness (QED) is 0.364. The van der Waals surface area contributed by atoms with E-state index in [1.165, 1.54) is 23.4 Å². The highest BCUT2D eigenvalue weighted by molar-refractivity contribution is 14.0. The van der Waals surface area contributed by atoms with Crippen LogP contribution < -0.4 is 15.5 Å². The van der Waals surface area contributed by atoms with Crippen LogP contribution in [0.1, 0.15) is 18.1 Å². The molecular weight excluding hydrogens is 470 g/mol. The van der Waals surface area contributed by atoms with Gasteiger partial charge in [-0.25, -0.2) is 9.38 Å². The fourth-order valence-electron chi connectivity index (χ4n) is 2.98. The molecule has 1 aliphatic heterocycles. The second-order valence-electron chi connectivity index (χ2n) is 6.44. The van der Waals surface area contributed by atoms with Gasteiger partial charge in [0.1, 0.15) is 5.82 Å². The molecule has 1 fully saturated rings. The Balaban J connectivity index is 0.00000280. The largest absolute Gasteiger partial charge is 0.378 e. The Hall–Kier alpha value is -1.87. The summed E-state index contributed by atoms with van der Waals surface area (Å²) in [5, 5.41) is 6.56. The molecule has 0 atom stereocenters. The number of rotatable bonds is 6. The number of nitrogens with one attached hydrogen (secondary N) is 2. The molecule has 0 unspecified atom stereocenters. The number of halogens is 2. The molecule has 2 aromatic carbocycles. The first-order valence-electron chi connectivity index (χ1n) is 9.43. The van der Waals surface area contributed by atoms with Crippen molar-refractivity contribution in [1.82, 2.24) is 10.6 Å². The molecule has 2 aromatic rings. The molecule has 3 rings (SSSR count). The lowest BCUT2D eigenvalue weighted by Crippen LogP contribution is -2.37. The van der Waals surface area contributed by atoms with Crippen LogP contribution in [0, 0.1) is 5.82 Å². The molecule has 0 amide bonds. The molecule has 0 aromatic heterocycles. The Kier molecular flexibility index (Phi) is 9.49. The average molecular weight is 498 g/mol. The number of anilines is 1. The maximum absolute atomic E-state index is 13.3. The Morgan fingerprint density at radius 2 is 1.82 bits per heavy atom. The van der Waals surface area contributed by atoms with E-state index in [2.05, 4.69) is 44.8 Å². The van der Waals surface area contributed by atoms with Gasteiger partial charge >= 0.3 is 0 Å². The van der Waals surface area contributed by atoms with Crippen molar-refractivity contribution in [2.24, 2.45) is 4.99 Å². The van der Waals surface area contributed by atoms with Crippen LogP contribution in [0.15, 0.2) is 53.5 Å². The van der Waals surface area contributed by atoms with E-state index in [0.717, 1.165) is 44.4 Å². The number of hydrogen-bond donors (Lipinski definition) is 2. The molecule has 28 heavy (non-hydrogen) atoms. The van der Waals surface area contributed by atoms with Crippen LogP contribution in [0.25, 0.3) is 0 Å². The van der Waals surface area contributed by atoms with Crippen LogP contribution in [0.2, 0.25) is 0 Å². The predicted molar refractivity (Wildman–Crippen MR) is 123 cm³/mol. The minimum Gasteiger partial charge on any atom is -0.378 e. The summed E-state index contributed by atoms with van der Waals surface area (Å²) in [5.41, 5.74) is 3.26. The van der Waals surface area contributed by atoms with Crippen LogP contribution >= 0.6 is 24.0 Å². The highest BCUT2D eigenvalue weighted by Gasteiger charge is 2.10. The fourth-order valence-corrected chi connectivity index (χ4v) is 2.98. The van der Waals surface area contributed by atoms with E-state index in [1.807, 2.05) is 13.0 Å². The van der Waals surface area contributed by atoms with Gasteiger partial charge in [0.2, 0.25) is 0 Å². The summed E-state index contributed by atoms with van der Waals surface area (Å²) in [6, 6.07) is 15.1. The maximum Gasteiger partial charge on any atom is 0.191 e. The van der Waals surface area contributed by atoms with Gasteiger partial charge in [0.05, 0.1) is 19.8 Å². The third kappa shape index (κ3) is 6.94. The monoisotopic (exact) mass is 498 g/mol. The van der Waals surface area contributed by atoms with Gasteiger partial charge in [-0.3, -0.25) is 0 Å². The third-order valence-electron chi connectivity index (χ3n) is 4.43. The van der Waals surface area contributed by atoms with E-state index in [-0.39, 0.29) is 29.8 Å². The lowest BCUT2D eigenvalue weighted by atomic mass is 10.2. The molecule has 0 bridgehead atoms. The van der Waals surface area contributed by atoms with Gasteiger partial charge in [-0.1, -0.05) is 24.3 Å². The van der Waals surface area contributed by atoms with Gasteiger partial charge in [0.15, 0.2) is 5.96 Å². The molecule has 152 valence electrons. The lowest BCUT2D eigenvalue weighted by molar-refractivity contribution is 0.122. The summed E-state index contributed by atoms with van der Waals surface area (Å²) in [6.45, 7) is 7.36. The molecule has 7 heteroatoms. The van der Waals surface area contributed by atoms with Crippen molar-refractivity contribution in [3.8, 4) is 0 Å². The lowest BCUT2D eigenvalue weighted by Gasteiger charge is -2.28. The van der Waals surface area contributed by atoms with Gasteiger partial charge in [-0.05, 0) is 42.3 Å². The van der Waals surface area contributed by atoms with E-state index in [1.54, 1.807) is 6.07 Å². The topological polar surface area (TPSA) is 48.9 Å². The zero-order chi connectivity index (χ0) is 18.9. The molecule has 1 saturated heterocycles. The van der Waals surface area contributed by atoms with Crippen LogP contribution in [0.3, 0.4) is 0 Å². The number of aliphatic imine (C=N–C) groups is 1. The van der Waals surface area contributed by atoms with Crippen LogP contribution in [-0.2, 0) is 17.8 Å².